The van der Waals surface area contributed by atoms with Crippen molar-refractivity contribution in [3.8, 4) is 0 Å². The van der Waals surface area contributed by atoms with Gasteiger partial charge in [0.25, 0.3) is 0 Å². The van der Waals surface area contributed by atoms with Crippen LogP contribution in [0.2, 0.25) is 0 Å². The van der Waals surface area contributed by atoms with E-state index in [1.165, 1.54) is 26.6 Å². The molecule has 1 aliphatic rings. The molecule has 3 N–H and O–H groups in total. The molecule has 2 aromatic rings. The second-order valence-electron chi connectivity index (χ2n) is 6.15. The number of rotatable bonds is 5. The largest absolute Gasteiger partial charge is 0.400 e. The van der Waals surface area contributed by atoms with Gasteiger partial charge < -0.3 is 19.9 Å². The van der Waals surface area contributed by atoms with Crippen molar-refractivity contribution in [2.75, 3.05) is 34.4 Å². The Kier molecular flexibility index (Phi) is 6.53. The summed E-state index contributed by atoms with van der Waals surface area (Å²) >= 11 is 0. The third-order valence-corrected chi connectivity index (χ3v) is 6.24. The fraction of sp³-hybridized carbons (Fsp3) is 0.600. The van der Waals surface area contributed by atoms with E-state index < -0.39 is 10.2 Å². The van der Waals surface area contributed by atoms with Gasteiger partial charge in [0.1, 0.15) is 6.33 Å². The van der Waals surface area contributed by atoms with Crippen molar-refractivity contribution < 1.29 is 23.7 Å². The van der Waals surface area contributed by atoms with Crippen LogP contribution >= 0.6 is 0 Å². The molecule has 3 heterocycles. The van der Waals surface area contributed by atoms with Crippen LogP contribution in [0.25, 0.3) is 0 Å². The molecule has 0 amide bonds. The summed E-state index contributed by atoms with van der Waals surface area (Å²) in [5, 5.41) is 26.5. The quantitative estimate of drug-likeness (QED) is 0.581. The van der Waals surface area contributed by atoms with Crippen LogP contribution in [-0.4, -0.2) is 81.0 Å². The van der Waals surface area contributed by atoms with E-state index in [0.29, 0.717) is 12.1 Å². The van der Waals surface area contributed by atoms with E-state index in [4.69, 9.17) is 5.11 Å². The number of nitrogens with zero attached hydrogens (tertiary/aromatic N) is 5. The van der Waals surface area contributed by atoms with Gasteiger partial charge in [0.2, 0.25) is 0 Å². The van der Waals surface area contributed by atoms with Gasteiger partial charge in [0.05, 0.1) is 18.1 Å². The molecule has 10 nitrogen and oxygen atoms in total. The number of aromatic nitrogens is 4. The van der Waals surface area contributed by atoms with E-state index in [0.717, 1.165) is 21.1 Å². The summed E-state index contributed by atoms with van der Waals surface area (Å²) in [5.74, 6) is -0.415. The molecule has 0 unspecified atom stereocenters. The molecule has 0 fully saturated rings. The van der Waals surface area contributed by atoms with Gasteiger partial charge in [-0.1, -0.05) is 0 Å². The predicted molar refractivity (Wildman–Crippen MR) is 93.6 cm³/mol. The first-order valence-corrected chi connectivity index (χ1v) is 9.44. The van der Waals surface area contributed by atoms with E-state index in [1.54, 1.807) is 12.5 Å². The molecular weight excluding hydrogens is 362 g/mol. The molecule has 0 bridgehead atoms. The smallest absolute Gasteiger partial charge is 0.308 e. The van der Waals surface area contributed by atoms with Gasteiger partial charge in [-0.2, -0.15) is 12.7 Å². The summed E-state index contributed by atoms with van der Waals surface area (Å²) < 4.78 is 28.5. The zero-order valence-corrected chi connectivity index (χ0v) is 15.8. The van der Waals surface area contributed by atoms with E-state index in [2.05, 4.69) is 9.97 Å². The SMILES string of the molecule is CN(C)S(=O)(=O)n1cnc([C@@H]2[C@@H](CO)[C@H](CO)Cc3cncn32)c1.CO. The highest BCUT2D eigenvalue weighted by molar-refractivity contribution is 7.87. The fourth-order valence-corrected chi connectivity index (χ4v) is 4.01. The fourth-order valence-electron chi connectivity index (χ4n) is 3.22. The molecule has 0 aromatic carbocycles. The lowest BCUT2D eigenvalue weighted by Crippen LogP contribution is -2.38. The van der Waals surface area contributed by atoms with Crippen molar-refractivity contribution in [1.29, 1.82) is 0 Å². The van der Waals surface area contributed by atoms with E-state index >= 15 is 0 Å². The average Bonchev–Trinajstić information content (AvgIpc) is 3.30. The third kappa shape index (κ3) is 3.53. The molecule has 0 spiro atoms. The number of aliphatic hydroxyl groups is 3. The molecule has 3 rings (SSSR count). The van der Waals surface area contributed by atoms with E-state index in [1.807, 2.05) is 4.57 Å². The van der Waals surface area contributed by atoms with Gasteiger partial charge in [0, 0.05) is 58.4 Å². The molecule has 0 saturated carbocycles. The number of hydrogen-bond donors (Lipinski definition) is 3. The summed E-state index contributed by atoms with van der Waals surface area (Å²) in [5.41, 5.74) is 1.44. The molecule has 1 aliphatic heterocycles. The Morgan fingerprint density at radius 1 is 1.23 bits per heavy atom. The summed E-state index contributed by atoms with van der Waals surface area (Å²) in [6, 6.07) is -0.378. The van der Waals surface area contributed by atoms with Crippen molar-refractivity contribution in [3.05, 3.63) is 36.4 Å². The lowest BCUT2D eigenvalue weighted by atomic mass is 9.79. The van der Waals surface area contributed by atoms with Crippen molar-refractivity contribution in [3.63, 3.8) is 0 Å². The van der Waals surface area contributed by atoms with E-state index in [-0.39, 0.29) is 31.1 Å². The Hall–Kier alpha value is -1.79. The highest BCUT2D eigenvalue weighted by Crippen LogP contribution is 2.38. The molecule has 11 heteroatoms. The van der Waals surface area contributed by atoms with Crippen molar-refractivity contribution in [2.24, 2.45) is 11.8 Å². The van der Waals surface area contributed by atoms with Gasteiger partial charge in [-0.25, -0.2) is 13.9 Å². The Morgan fingerprint density at radius 3 is 2.50 bits per heavy atom. The number of aliphatic hydroxyl groups excluding tert-OH is 3. The van der Waals surface area contributed by atoms with Gasteiger partial charge in [-0.05, 0) is 12.3 Å². The second-order valence-corrected chi connectivity index (χ2v) is 8.20. The predicted octanol–water partition coefficient (Wildman–Crippen LogP) is -1.29. The molecule has 26 heavy (non-hydrogen) atoms. The maximum Gasteiger partial charge on any atom is 0.308 e. The zero-order valence-electron chi connectivity index (χ0n) is 15.0. The van der Waals surface area contributed by atoms with E-state index in [9.17, 15) is 18.6 Å². The Labute approximate surface area is 152 Å². The number of fused-ring (bicyclic) bond motifs is 1. The van der Waals surface area contributed by atoms with Crippen LogP contribution < -0.4 is 0 Å². The zero-order chi connectivity index (χ0) is 19.5. The number of hydrogen-bond acceptors (Lipinski definition) is 7. The van der Waals surface area contributed by atoms with Crippen molar-refractivity contribution in [1.82, 2.24) is 22.8 Å². The van der Waals surface area contributed by atoms with Crippen LogP contribution in [0.15, 0.2) is 25.0 Å². The highest BCUT2D eigenvalue weighted by Gasteiger charge is 2.38. The van der Waals surface area contributed by atoms with Crippen molar-refractivity contribution in [2.45, 2.75) is 12.5 Å². The topological polar surface area (TPSA) is 134 Å². The summed E-state index contributed by atoms with van der Waals surface area (Å²) in [6.07, 6.45) is 6.67. The molecule has 0 radical (unpaired) electrons. The Morgan fingerprint density at radius 2 is 1.92 bits per heavy atom. The van der Waals surface area contributed by atoms with Gasteiger partial charge >= 0.3 is 10.2 Å². The Bertz CT molecular complexity index is 816. The maximum atomic E-state index is 12.2. The minimum atomic E-state index is -3.65. The first-order valence-electron chi connectivity index (χ1n) is 8.04. The minimum absolute atomic E-state index is 0.0659. The standard InChI is InChI=1S/C14H21N5O4S.CH4O/c1-17(2)24(22,23)18-5-13(16-9-18)14-12(7-21)10(6-20)3-11-4-15-8-19(11)14;1-2/h4-5,8-10,12,14,20-21H,3,6-7H2,1-2H3;2H,1H3/t10-,12-,14-;/m0./s1. The maximum absolute atomic E-state index is 12.2. The first kappa shape index (κ1) is 20.5. The summed E-state index contributed by atoms with van der Waals surface area (Å²) in [6.45, 7) is -0.204. The van der Waals surface area contributed by atoms with Crippen LogP contribution in [0.3, 0.4) is 0 Å². The van der Waals surface area contributed by atoms with Gasteiger partial charge in [-0.15, -0.1) is 0 Å². The summed E-state index contributed by atoms with van der Waals surface area (Å²) in [4.78, 5) is 8.39. The van der Waals surface area contributed by atoms with Crippen LogP contribution in [0, 0.1) is 11.8 Å². The average molecular weight is 387 g/mol. The third-order valence-electron chi connectivity index (χ3n) is 4.58. The van der Waals surface area contributed by atoms with Crippen LogP contribution in [0.1, 0.15) is 17.4 Å². The van der Waals surface area contributed by atoms with Crippen LogP contribution in [0.4, 0.5) is 0 Å². The first-order chi connectivity index (χ1) is 12.4. The highest BCUT2D eigenvalue weighted by atomic mass is 32.2. The molecule has 146 valence electrons. The molecule has 0 aliphatic carbocycles. The molecule has 3 atom stereocenters. The lowest BCUT2D eigenvalue weighted by Gasteiger charge is -2.37. The number of imidazole rings is 2. The second kappa shape index (κ2) is 8.27. The molecule has 2 aromatic heterocycles. The van der Waals surface area contributed by atoms with Crippen LogP contribution in [-0.2, 0) is 16.6 Å². The Balaban J connectivity index is 0.00000117. The monoisotopic (exact) mass is 387 g/mol. The van der Waals surface area contributed by atoms with Gasteiger partial charge in [0.15, 0.2) is 0 Å². The molecule has 0 saturated heterocycles. The lowest BCUT2D eigenvalue weighted by molar-refractivity contribution is 0.0765. The summed E-state index contributed by atoms with van der Waals surface area (Å²) in [7, 11) is 0.241. The minimum Gasteiger partial charge on any atom is -0.400 e. The molecular formula is C15H25N5O5S. The normalized spacial score (nSPS) is 22.7. The van der Waals surface area contributed by atoms with Gasteiger partial charge in [-0.3, -0.25) is 0 Å². The van der Waals surface area contributed by atoms with Crippen LogP contribution in [0.5, 0.6) is 0 Å². The van der Waals surface area contributed by atoms with Crippen molar-refractivity contribution >= 4 is 10.2 Å².